The van der Waals surface area contributed by atoms with E-state index >= 15 is 0 Å². The summed E-state index contributed by atoms with van der Waals surface area (Å²) in [5, 5.41) is 2.94. The monoisotopic (exact) mass is 243 g/mol. The highest BCUT2D eigenvalue weighted by atomic mass is 35.5. The first-order valence-corrected chi connectivity index (χ1v) is 5.13. The second-order valence-electron chi connectivity index (χ2n) is 3.43. The number of ether oxygens (including phenoxy) is 1. The lowest BCUT2D eigenvalue weighted by atomic mass is 10.2. The van der Waals surface area contributed by atoms with Gasteiger partial charge in [0.25, 0.3) is 5.91 Å². The fourth-order valence-electron chi connectivity index (χ4n) is 1.25. The average Bonchev–Trinajstić information content (AvgIpc) is 2.16. The summed E-state index contributed by atoms with van der Waals surface area (Å²) < 4.78 is 4.91. The first-order chi connectivity index (χ1) is 7.52. The smallest absolute Gasteiger partial charge is 0.251 e. The third kappa shape index (κ3) is 3.67. The average molecular weight is 244 g/mol. The Bertz CT molecular complexity index is 364. The first-order valence-electron chi connectivity index (χ1n) is 4.75. The number of hydrogen-bond acceptors (Lipinski definition) is 4. The van der Waals surface area contributed by atoms with Crippen molar-refractivity contribution >= 4 is 23.3 Å². The number of nitrogen functional groups attached to an aromatic ring is 1. The van der Waals surface area contributed by atoms with E-state index in [-0.39, 0.29) is 22.9 Å². The molecule has 1 amide bonds. The number of rotatable bonds is 4. The molecule has 0 aromatic carbocycles. The molecule has 3 N–H and O–H groups in total. The zero-order chi connectivity index (χ0) is 12.1. The minimum atomic E-state index is -0.249. The number of carbonyl (C=O) groups is 1. The molecule has 1 aromatic heterocycles. The van der Waals surface area contributed by atoms with Crippen LogP contribution >= 0.6 is 11.6 Å². The molecular formula is C10H14ClN3O2. The summed E-state index contributed by atoms with van der Waals surface area (Å²) in [6.07, 6.45) is 0. The molecule has 1 unspecified atom stereocenters. The number of carbonyl (C=O) groups excluding carboxylic acids is 1. The molecule has 0 saturated carbocycles. The lowest BCUT2D eigenvalue weighted by Gasteiger charge is -2.12. The maximum Gasteiger partial charge on any atom is 0.251 e. The summed E-state index contributed by atoms with van der Waals surface area (Å²) in [5.41, 5.74) is 5.88. The number of aromatic nitrogens is 1. The van der Waals surface area contributed by atoms with Gasteiger partial charge < -0.3 is 15.8 Å². The highest BCUT2D eigenvalue weighted by Crippen LogP contribution is 2.12. The molecule has 1 heterocycles. The number of nitrogens with zero attached hydrogens (tertiary/aromatic N) is 1. The Morgan fingerprint density at radius 3 is 2.94 bits per heavy atom. The lowest BCUT2D eigenvalue weighted by molar-refractivity contribution is 0.0905. The second-order valence-corrected chi connectivity index (χ2v) is 3.82. The summed E-state index contributed by atoms with van der Waals surface area (Å²) in [6.45, 7) is 2.29. The van der Waals surface area contributed by atoms with Crippen LogP contribution in [0, 0.1) is 0 Å². The van der Waals surface area contributed by atoms with Crippen LogP contribution in [0.2, 0.25) is 5.15 Å². The topological polar surface area (TPSA) is 77.2 Å². The molecule has 0 radical (unpaired) electrons. The van der Waals surface area contributed by atoms with Crippen molar-refractivity contribution < 1.29 is 9.53 Å². The Morgan fingerprint density at radius 1 is 1.69 bits per heavy atom. The van der Waals surface area contributed by atoms with E-state index in [0.29, 0.717) is 12.2 Å². The predicted molar refractivity (Wildman–Crippen MR) is 62.5 cm³/mol. The Hall–Kier alpha value is -1.33. The molecule has 5 nitrogen and oxygen atoms in total. The van der Waals surface area contributed by atoms with Crippen LogP contribution in [0.3, 0.4) is 0 Å². The van der Waals surface area contributed by atoms with Gasteiger partial charge in [0.15, 0.2) is 0 Å². The van der Waals surface area contributed by atoms with Crippen LogP contribution in [0.15, 0.2) is 12.1 Å². The zero-order valence-electron chi connectivity index (χ0n) is 9.16. The van der Waals surface area contributed by atoms with Gasteiger partial charge in [0.1, 0.15) is 11.0 Å². The minimum Gasteiger partial charge on any atom is -0.384 e. The molecule has 1 aromatic rings. The van der Waals surface area contributed by atoms with E-state index in [2.05, 4.69) is 10.3 Å². The van der Waals surface area contributed by atoms with Crippen LogP contribution in [0.1, 0.15) is 17.3 Å². The van der Waals surface area contributed by atoms with E-state index in [9.17, 15) is 4.79 Å². The van der Waals surface area contributed by atoms with Crippen LogP contribution < -0.4 is 11.1 Å². The molecular weight excluding hydrogens is 230 g/mol. The molecule has 0 aliphatic rings. The molecule has 6 heteroatoms. The lowest BCUT2D eigenvalue weighted by Crippen LogP contribution is -2.35. The Morgan fingerprint density at radius 2 is 2.38 bits per heavy atom. The molecule has 0 spiro atoms. The largest absolute Gasteiger partial charge is 0.384 e. The van der Waals surface area contributed by atoms with Crippen molar-refractivity contribution in [1.29, 1.82) is 0 Å². The zero-order valence-corrected chi connectivity index (χ0v) is 9.91. The number of halogens is 1. The van der Waals surface area contributed by atoms with Crippen molar-refractivity contribution in [2.45, 2.75) is 13.0 Å². The van der Waals surface area contributed by atoms with Gasteiger partial charge in [-0.3, -0.25) is 4.79 Å². The molecule has 0 fully saturated rings. The number of nitrogens with two attached hydrogens (primary N) is 1. The van der Waals surface area contributed by atoms with Crippen LogP contribution in [0.4, 0.5) is 5.82 Å². The molecule has 88 valence electrons. The third-order valence-electron chi connectivity index (χ3n) is 1.87. The summed E-state index contributed by atoms with van der Waals surface area (Å²) >= 11 is 5.70. The third-order valence-corrected chi connectivity index (χ3v) is 2.06. The maximum absolute atomic E-state index is 11.7. The van der Waals surface area contributed by atoms with Gasteiger partial charge in [0.2, 0.25) is 0 Å². The van der Waals surface area contributed by atoms with Crippen molar-refractivity contribution in [3.8, 4) is 0 Å². The van der Waals surface area contributed by atoms with E-state index < -0.39 is 0 Å². The Kier molecular flexibility index (Phi) is 4.52. The van der Waals surface area contributed by atoms with Crippen molar-refractivity contribution in [3.63, 3.8) is 0 Å². The number of hydrogen-bond donors (Lipinski definition) is 2. The fourth-order valence-corrected chi connectivity index (χ4v) is 1.46. The second kappa shape index (κ2) is 5.67. The van der Waals surface area contributed by atoms with E-state index in [0.717, 1.165) is 0 Å². The standard InChI is InChI=1S/C10H14ClN3O2/c1-6(5-16-2)13-10(15)7-3-8(11)14-9(12)4-7/h3-4,6H,5H2,1-2H3,(H2,12,14)(H,13,15). The van der Waals surface area contributed by atoms with Gasteiger partial charge in [-0.1, -0.05) is 11.6 Å². The van der Waals surface area contributed by atoms with Crippen LogP contribution in [-0.2, 0) is 4.74 Å². The SMILES string of the molecule is COCC(C)NC(=O)c1cc(N)nc(Cl)c1. The van der Waals surface area contributed by atoms with Crippen LogP contribution in [0.25, 0.3) is 0 Å². The molecule has 0 aliphatic heterocycles. The summed E-state index contributed by atoms with van der Waals surface area (Å²) in [6, 6.07) is 2.86. The number of methoxy groups -OCH3 is 1. The molecule has 1 atom stereocenters. The minimum absolute atomic E-state index is 0.0781. The van der Waals surface area contributed by atoms with E-state index in [1.165, 1.54) is 12.1 Å². The van der Waals surface area contributed by atoms with Crippen molar-refractivity contribution in [1.82, 2.24) is 10.3 Å². The maximum atomic E-state index is 11.7. The summed E-state index contributed by atoms with van der Waals surface area (Å²) in [5.74, 6) is -0.0300. The van der Waals surface area contributed by atoms with Gasteiger partial charge >= 0.3 is 0 Å². The highest BCUT2D eigenvalue weighted by Gasteiger charge is 2.11. The van der Waals surface area contributed by atoms with E-state index in [4.69, 9.17) is 22.1 Å². The molecule has 0 saturated heterocycles. The van der Waals surface area contributed by atoms with Gasteiger partial charge in [-0.2, -0.15) is 0 Å². The number of amides is 1. The molecule has 16 heavy (non-hydrogen) atoms. The van der Waals surface area contributed by atoms with Crippen molar-refractivity contribution in [2.75, 3.05) is 19.5 Å². The summed E-state index contributed by atoms with van der Waals surface area (Å²) in [4.78, 5) is 15.5. The highest BCUT2D eigenvalue weighted by molar-refractivity contribution is 6.29. The normalized spacial score (nSPS) is 12.2. The van der Waals surface area contributed by atoms with Gasteiger partial charge in [-0.25, -0.2) is 4.98 Å². The predicted octanol–water partition coefficient (Wildman–Crippen LogP) is 1.08. The quantitative estimate of drug-likeness (QED) is 0.776. The van der Waals surface area contributed by atoms with Gasteiger partial charge in [0.05, 0.1) is 6.61 Å². The van der Waals surface area contributed by atoms with Gasteiger partial charge in [0, 0.05) is 18.7 Å². The Balaban J connectivity index is 2.72. The summed E-state index contributed by atoms with van der Waals surface area (Å²) in [7, 11) is 1.57. The number of anilines is 1. The number of nitrogens with one attached hydrogen (secondary N) is 1. The van der Waals surface area contributed by atoms with Crippen LogP contribution in [0.5, 0.6) is 0 Å². The fraction of sp³-hybridized carbons (Fsp3) is 0.400. The Labute approximate surface area is 98.9 Å². The molecule has 0 aliphatic carbocycles. The molecule has 0 bridgehead atoms. The van der Waals surface area contributed by atoms with E-state index in [1.54, 1.807) is 7.11 Å². The van der Waals surface area contributed by atoms with Gasteiger partial charge in [-0.15, -0.1) is 0 Å². The van der Waals surface area contributed by atoms with Crippen LogP contribution in [-0.4, -0.2) is 30.6 Å². The first kappa shape index (κ1) is 12.7. The van der Waals surface area contributed by atoms with Gasteiger partial charge in [-0.05, 0) is 19.1 Å². The molecule has 1 rings (SSSR count). The van der Waals surface area contributed by atoms with Crippen molar-refractivity contribution in [2.24, 2.45) is 0 Å². The number of pyridine rings is 1. The van der Waals surface area contributed by atoms with Crippen molar-refractivity contribution in [3.05, 3.63) is 22.8 Å². The van der Waals surface area contributed by atoms with E-state index in [1.807, 2.05) is 6.92 Å².